The predicted octanol–water partition coefficient (Wildman–Crippen LogP) is 3.93. The highest BCUT2D eigenvalue weighted by Crippen LogP contribution is 2.36. The normalized spacial score (nSPS) is 22.4. The monoisotopic (exact) mass is 374 g/mol. The van der Waals surface area contributed by atoms with Gasteiger partial charge in [0.25, 0.3) is 5.91 Å². The molecule has 1 saturated carbocycles. The van der Waals surface area contributed by atoms with Gasteiger partial charge in [-0.2, -0.15) is 0 Å². The van der Waals surface area contributed by atoms with E-state index in [0.717, 1.165) is 36.8 Å². The molecule has 1 N–H and O–H groups in total. The van der Waals surface area contributed by atoms with E-state index in [9.17, 15) is 9.59 Å². The van der Waals surface area contributed by atoms with Crippen molar-refractivity contribution in [3.8, 4) is 0 Å². The molecule has 1 atom stereocenters. The van der Waals surface area contributed by atoms with Crippen molar-refractivity contribution in [2.45, 2.75) is 50.2 Å². The van der Waals surface area contributed by atoms with Gasteiger partial charge in [0.1, 0.15) is 5.54 Å². The number of nitrogens with zero attached hydrogens (tertiary/aromatic N) is 1. The predicted molar refractivity (Wildman–Crippen MR) is 110 cm³/mol. The maximum absolute atomic E-state index is 13.3. The fraction of sp³-hybridized carbons (Fsp3) is 0.333. The van der Waals surface area contributed by atoms with E-state index in [2.05, 4.69) is 5.32 Å². The molecule has 0 spiro atoms. The standard InChI is InChI=1S/C24H26N2O2/c27-22-17-24(16-15-19-9-3-1-4-10-19,23(28)25-21-13-7-8-14-21)26(22)18-20-11-5-2-6-12-20/h1-6,9-12,15-16,21H,7-8,13-14,17-18H2,(H,25,28). The number of rotatable bonds is 6. The molecular formula is C24H26N2O2. The molecule has 1 aliphatic carbocycles. The third-order valence-corrected chi connectivity index (χ3v) is 5.82. The Bertz CT molecular complexity index is 857. The number of benzene rings is 2. The van der Waals surface area contributed by atoms with Gasteiger partial charge in [-0.1, -0.05) is 79.6 Å². The second kappa shape index (κ2) is 8.01. The highest BCUT2D eigenvalue weighted by Gasteiger charge is 2.54. The summed E-state index contributed by atoms with van der Waals surface area (Å²) in [5.74, 6) is -0.0368. The Kier molecular flexibility index (Phi) is 5.29. The van der Waals surface area contributed by atoms with Crippen LogP contribution < -0.4 is 5.32 Å². The summed E-state index contributed by atoms with van der Waals surface area (Å²) in [6.45, 7) is 0.441. The molecule has 1 unspecified atom stereocenters. The van der Waals surface area contributed by atoms with E-state index in [1.807, 2.05) is 72.8 Å². The first-order valence-electron chi connectivity index (χ1n) is 10.1. The second-order valence-electron chi connectivity index (χ2n) is 7.77. The molecule has 0 radical (unpaired) electrons. The second-order valence-corrected chi connectivity index (χ2v) is 7.77. The minimum atomic E-state index is -0.911. The van der Waals surface area contributed by atoms with Gasteiger partial charge in [-0.05, 0) is 30.0 Å². The number of carbonyl (C=O) groups excluding carboxylic acids is 2. The van der Waals surface area contributed by atoms with Crippen molar-refractivity contribution < 1.29 is 9.59 Å². The molecule has 2 aliphatic rings. The summed E-state index contributed by atoms with van der Waals surface area (Å²) < 4.78 is 0. The molecule has 1 heterocycles. The Balaban J connectivity index is 1.61. The summed E-state index contributed by atoms with van der Waals surface area (Å²) >= 11 is 0. The molecule has 0 aromatic heterocycles. The first-order chi connectivity index (χ1) is 13.7. The molecule has 2 aromatic rings. The van der Waals surface area contributed by atoms with Crippen LogP contribution in [0.5, 0.6) is 0 Å². The topological polar surface area (TPSA) is 49.4 Å². The van der Waals surface area contributed by atoms with Crippen LogP contribution in [-0.2, 0) is 16.1 Å². The van der Waals surface area contributed by atoms with E-state index in [4.69, 9.17) is 0 Å². The van der Waals surface area contributed by atoms with Gasteiger partial charge in [-0.15, -0.1) is 0 Å². The van der Waals surface area contributed by atoms with Crippen LogP contribution in [0.3, 0.4) is 0 Å². The molecule has 1 aliphatic heterocycles. The molecule has 4 heteroatoms. The summed E-state index contributed by atoms with van der Waals surface area (Å²) in [5, 5.41) is 3.21. The maximum Gasteiger partial charge on any atom is 0.250 e. The van der Waals surface area contributed by atoms with E-state index in [1.165, 1.54) is 0 Å². The Hall–Kier alpha value is -2.88. The molecule has 144 valence electrons. The van der Waals surface area contributed by atoms with Crippen molar-refractivity contribution in [3.05, 3.63) is 77.9 Å². The summed E-state index contributed by atoms with van der Waals surface area (Å²) in [7, 11) is 0. The van der Waals surface area contributed by atoms with Crippen LogP contribution in [0.1, 0.15) is 43.2 Å². The first kappa shape index (κ1) is 18.5. The Labute approximate surface area is 166 Å². The number of amides is 2. The number of β-lactam (4-membered cyclic amide) rings is 1. The average Bonchev–Trinajstić information content (AvgIpc) is 3.23. The Morgan fingerprint density at radius 2 is 1.68 bits per heavy atom. The molecule has 1 saturated heterocycles. The fourth-order valence-corrected chi connectivity index (χ4v) is 4.15. The van der Waals surface area contributed by atoms with Gasteiger partial charge in [0.2, 0.25) is 5.91 Å². The van der Waals surface area contributed by atoms with Crippen LogP contribution in [0.4, 0.5) is 0 Å². The molecule has 4 rings (SSSR count). The van der Waals surface area contributed by atoms with Crippen LogP contribution in [0.2, 0.25) is 0 Å². The van der Waals surface area contributed by atoms with Crippen LogP contribution in [-0.4, -0.2) is 28.3 Å². The van der Waals surface area contributed by atoms with Gasteiger partial charge in [0, 0.05) is 12.6 Å². The van der Waals surface area contributed by atoms with E-state index in [-0.39, 0.29) is 24.3 Å². The lowest BCUT2D eigenvalue weighted by atomic mass is 9.81. The largest absolute Gasteiger partial charge is 0.351 e. The first-order valence-corrected chi connectivity index (χ1v) is 10.1. The summed E-state index contributed by atoms with van der Waals surface area (Å²) in [4.78, 5) is 27.5. The summed E-state index contributed by atoms with van der Waals surface area (Å²) in [5.41, 5.74) is 1.14. The summed E-state index contributed by atoms with van der Waals surface area (Å²) in [6, 6.07) is 20.0. The van der Waals surface area contributed by atoms with Crippen LogP contribution in [0.15, 0.2) is 66.7 Å². The lowest BCUT2D eigenvalue weighted by molar-refractivity contribution is -0.162. The molecule has 28 heavy (non-hydrogen) atoms. The molecule has 2 aromatic carbocycles. The molecule has 4 nitrogen and oxygen atoms in total. The molecular weight excluding hydrogens is 348 g/mol. The Morgan fingerprint density at radius 1 is 1.04 bits per heavy atom. The van der Waals surface area contributed by atoms with E-state index in [0.29, 0.717) is 6.54 Å². The van der Waals surface area contributed by atoms with E-state index >= 15 is 0 Å². The van der Waals surface area contributed by atoms with Crippen molar-refractivity contribution in [2.75, 3.05) is 0 Å². The smallest absolute Gasteiger partial charge is 0.250 e. The van der Waals surface area contributed by atoms with Crippen molar-refractivity contribution in [2.24, 2.45) is 0 Å². The zero-order valence-corrected chi connectivity index (χ0v) is 16.0. The highest BCUT2D eigenvalue weighted by atomic mass is 16.2. The van der Waals surface area contributed by atoms with Crippen LogP contribution in [0, 0.1) is 0 Å². The van der Waals surface area contributed by atoms with Crippen molar-refractivity contribution in [1.29, 1.82) is 0 Å². The highest BCUT2D eigenvalue weighted by molar-refractivity contribution is 6.03. The van der Waals surface area contributed by atoms with E-state index in [1.54, 1.807) is 4.90 Å². The van der Waals surface area contributed by atoms with Crippen molar-refractivity contribution in [3.63, 3.8) is 0 Å². The Morgan fingerprint density at radius 3 is 2.32 bits per heavy atom. The van der Waals surface area contributed by atoms with Crippen molar-refractivity contribution >= 4 is 17.9 Å². The lowest BCUT2D eigenvalue weighted by Gasteiger charge is -2.49. The molecule has 2 amide bonds. The molecule has 0 bridgehead atoms. The molecule has 2 fully saturated rings. The number of hydrogen-bond donors (Lipinski definition) is 1. The fourth-order valence-electron chi connectivity index (χ4n) is 4.15. The van der Waals surface area contributed by atoms with Gasteiger partial charge in [0.15, 0.2) is 0 Å². The van der Waals surface area contributed by atoms with Gasteiger partial charge >= 0.3 is 0 Å². The van der Waals surface area contributed by atoms with Gasteiger partial charge in [-0.3, -0.25) is 9.59 Å². The SMILES string of the molecule is O=C1CC(C=Cc2ccccc2)(C(=O)NC2CCCC2)N1Cc1ccccc1. The van der Waals surface area contributed by atoms with Gasteiger partial charge in [-0.25, -0.2) is 0 Å². The van der Waals surface area contributed by atoms with Gasteiger partial charge < -0.3 is 10.2 Å². The quantitative estimate of drug-likeness (QED) is 0.779. The maximum atomic E-state index is 13.3. The third kappa shape index (κ3) is 3.72. The third-order valence-electron chi connectivity index (χ3n) is 5.82. The van der Waals surface area contributed by atoms with Crippen molar-refractivity contribution in [1.82, 2.24) is 10.2 Å². The minimum Gasteiger partial charge on any atom is -0.351 e. The number of hydrogen-bond acceptors (Lipinski definition) is 2. The minimum absolute atomic E-state index is 0.0168. The van der Waals surface area contributed by atoms with Crippen LogP contribution >= 0.6 is 0 Å². The number of likely N-dealkylation sites (tertiary alicyclic amines) is 1. The zero-order valence-electron chi connectivity index (χ0n) is 16.0. The number of nitrogens with one attached hydrogen (secondary N) is 1. The van der Waals surface area contributed by atoms with E-state index < -0.39 is 5.54 Å². The lowest BCUT2D eigenvalue weighted by Crippen LogP contribution is -2.69. The van der Waals surface area contributed by atoms with Gasteiger partial charge in [0.05, 0.1) is 6.42 Å². The zero-order chi connectivity index (χ0) is 19.4. The van der Waals surface area contributed by atoms with Crippen LogP contribution in [0.25, 0.3) is 6.08 Å². The summed E-state index contributed by atoms with van der Waals surface area (Å²) in [6.07, 6.45) is 8.46. The number of carbonyl (C=O) groups is 2. The average molecular weight is 374 g/mol.